The Bertz CT molecular complexity index is 1040. The van der Waals surface area contributed by atoms with E-state index in [2.05, 4.69) is 0 Å². The smallest absolute Gasteiger partial charge is 0.330 e. The summed E-state index contributed by atoms with van der Waals surface area (Å²) in [6, 6.07) is 8.78. The molecule has 1 aromatic carbocycles. The molecule has 10 nitrogen and oxygen atoms in total. The number of likely N-dealkylation sites (tertiary alicyclic amines) is 1. The van der Waals surface area contributed by atoms with Gasteiger partial charge in [0.05, 0.1) is 25.8 Å². The molecule has 5 rings (SSSR count). The van der Waals surface area contributed by atoms with Gasteiger partial charge < -0.3 is 38.1 Å². The summed E-state index contributed by atoms with van der Waals surface area (Å²) in [7, 11) is 2.81. The molecule has 0 spiro atoms. The quantitative estimate of drug-likeness (QED) is 0.222. The monoisotopic (exact) mass is 517 g/mol. The van der Waals surface area contributed by atoms with Crippen LogP contribution in [0.1, 0.15) is 39.4 Å². The molecule has 1 aromatic rings. The van der Waals surface area contributed by atoms with E-state index in [-0.39, 0.29) is 24.2 Å². The molecule has 0 N–H and O–H groups in total. The average Bonchev–Trinajstić information content (AvgIpc) is 3.45. The Kier molecular flexibility index (Phi) is 6.93. The van der Waals surface area contributed by atoms with Crippen LogP contribution < -0.4 is 0 Å². The molecule has 1 amide bonds. The number of carbonyl (C=O) groups excluding carboxylic acids is 2. The summed E-state index contributed by atoms with van der Waals surface area (Å²) in [4.78, 5) is 27.2. The minimum Gasteiger partial charge on any atom is -0.466 e. The maximum absolute atomic E-state index is 13.4. The number of methoxy groups -OCH3 is 2. The first-order chi connectivity index (χ1) is 17.5. The highest BCUT2D eigenvalue weighted by atomic mass is 16.8. The number of benzene rings is 1. The van der Waals surface area contributed by atoms with Gasteiger partial charge in [0, 0.05) is 13.2 Å². The molecule has 0 aliphatic carbocycles. The van der Waals surface area contributed by atoms with Crippen LogP contribution in [0.3, 0.4) is 0 Å². The van der Waals surface area contributed by atoms with Crippen molar-refractivity contribution in [3.63, 3.8) is 0 Å². The molecule has 0 radical (unpaired) electrons. The third kappa shape index (κ3) is 5.06. The zero-order valence-electron chi connectivity index (χ0n) is 22.0. The van der Waals surface area contributed by atoms with Gasteiger partial charge in [0.15, 0.2) is 17.7 Å². The number of carbonyl (C=O) groups is 2. The van der Waals surface area contributed by atoms with E-state index in [0.717, 1.165) is 5.56 Å². The summed E-state index contributed by atoms with van der Waals surface area (Å²) in [5.41, 5.74) is 1.03. The lowest BCUT2D eigenvalue weighted by atomic mass is 9.86. The minimum atomic E-state index is -0.949. The van der Waals surface area contributed by atoms with Gasteiger partial charge in [-0.15, -0.1) is 0 Å². The van der Waals surface area contributed by atoms with Crippen LogP contribution in [0.2, 0.25) is 0 Å². The number of hydrogen-bond donors (Lipinski definition) is 0. The maximum Gasteiger partial charge on any atom is 0.330 e. The van der Waals surface area contributed by atoms with E-state index < -0.39 is 48.0 Å². The summed E-state index contributed by atoms with van der Waals surface area (Å²) >= 11 is 0. The van der Waals surface area contributed by atoms with Crippen LogP contribution in [-0.2, 0) is 42.7 Å². The molecule has 0 bridgehead atoms. The van der Waals surface area contributed by atoms with Crippen molar-refractivity contribution in [1.29, 1.82) is 0 Å². The molecule has 0 aromatic heterocycles. The van der Waals surface area contributed by atoms with Crippen molar-refractivity contribution in [3.05, 3.63) is 48.0 Å². The van der Waals surface area contributed by atoms with Gasteiger partial charge in [0.1, 0.15) is 30.5 Å². The lowest BCUT2D eigenvalue weighted by Gasteiger charge is -2.50. The van der Waals surface area contributed by atoms with Gasteiger partial charge in [-0.05, 0) is 33.3 Å². The topological polar surface area (TPSA) is 105 Å². The minimum absolute atomic E-state index is 0.162. The highest BCUT2D eigenvalue weighted by molar-refractivity contribution is 5.90. The number of esters is 1. The van der Waals surface area contributed by atoms with Crippen LogP contribution in [0.5, 0.6) is 0 Å². The average molecular weight is 518 g/mol. The number of amides is 1. The molecule has 4 aliphatic rings. The van der Waals surface area contributed by atoms with E-state index in [1.165, 1.54) is 20.3 Å². The van der Waals surface area contributed by atoms with Gasteiger partial charge in [-0.2, -0.15) is 0 Å². The summed E-state index contributed by atoms with van der Waals surface area (Å²) < 4.78 is 41.0. The van der Waals surface area contributed by atoms with Gasteiger partial charge in [-0.3, -0.25) is 4.79 Å². The highest BCUT2D eigenvalue weighted by Crippen LogP contribution is 2.49. The van der Waals surface area contributed by atoms with Crippen LogP contribution in [0.4, 0.5) is 0 Å². The van der Waals surface area contributed by atoms with E-state index in [0.29, 0.717) is 6.61 Å². The molecule has 10 heteroatoms. The SMILES string of the molecule is COC(=O)/C=C/[C@@H]([C@H]1OC(C)(C)O[C@@H]1[C@H]1COC(C)(C)O1)N1C(=O)[C@@H](OC)[C@H]1[C@@H]1O[C@H]1c1ccccc1. The third-order valence-electron chi connectivity index (χ3n) is 7.22. The Hall–Kier alpha value is -2.34. The van der Waals surface area contributed by atoms with E-state index in [1.807, 2.05) is 58.0 Å². The van der Waals surface area contributed by atoms with Crippen molar-refractivity contribution in [3.8, 4) is 0 Å². The zero-order chi connectivity index (χ0) is 26.5. The maximum atomic E-state index is 13.4. The van der Waals surface area contributed by atoms with Gasteiger partial charge in [-0.25, -0.2) is 4.79 Å². The van der Waals surface area contributed by atoms with Gasteiger partial charge in [0.25, 0.3) is 5.91 Å². The molecular weight excluding hydrogens is 482 g/mol. The van der Waals surface area contributed by atoms with E-state index >= 15 is 0 Å². The van der Waals surface area contributed by atoms with Crippen molar-refractivity contribution in [2.75, 3.05) is 20.8 Å². The van der Waals surface area contributed by atoms with E-state index in [9.17, 15) is 9.59 Å². The number of rotatable bonds is 8. The summed E-state index contributed by atoms with van der Waals surface area (Å²) in [5, 5.41) is 0. The Morgan fingerprint density at radius 2 is 1.78 bits per heavy atom. The predicted octanol–water partition coefficient (Wildman–Crippen LogP) is 2.12. The fourth-order valence-corrected chi connectivity index (χ4v) is 5.57. The first-order valence-corrected chi connectivity index (χ1v) is 12.5. The number of ether oxygens (including phenoxy) is 7. The van der Waals surface area contributed by atoms with Gasteiger partial charge in [-0.1, -0.05) is 36.4 Å². The standard InChI is InChI=1S/C27H35NO9/c1-26(2)33-14-17(35-26)22-21(36-27(3,4)37-22)16(12-13-18(29)31-5)28-19(24(32-6)25(28)30)23-20(34-23)15-10-8-7-9-11-15/h7-13,16-17,19-24H,14H2,1-6H3/b13-12+/t16-,17+,19+,20-,21+,22+,23-,24-/m0/s1. The van der Waals surface area contributed by atoms with Crippen molar-refractivity contribution < 1.29 is 42.7 Å². The van der Waals surface area contributed by atoms with Crippen LogP contribution in [0.25, 0.3) is 0 Å². The normalized spacial score (nSPS) is 37.0. The van der Waals surface area contributed by atoms with Crippen LogP contribution in [0, 0.1) is 0 Å². The number of β-lactam (4-membered cyclic amide) rings is 1. The number of hydrogen-bond acceptors (Lipinski definition) is 9. The summed E-state index contributed by atoms with van der Waals surface area (Å²) in [6.07, 6.45) is 0.179. The Labute approximate surface area is 216 Å². The van der Waals surface area contributed by atoms with E-state index in [4.69, 9.17) is 33.2 Å². The molecule has 4 aliphatic heterocycles. The first-order valence-electron chi connectivity index (χ1n) is 12.5. The fraction of sp³-hybridized carbons (Fsp3) is 0.630. The second-order valence-electron chi connectivity index (χ2n) is 10.6. The highest BCUT2D eigenvalue weighted by Gasteiger charge is 2.64. The van der Waals surface area contributed by atoms with Crippen LogP contribution in [0.15, 0.2) is 42.5 Å². The van der Waals surface area contributed by atoms with Crippen molar-refractivity contribution in [2.45, 2.75) is 88.0 Å². The Balaban J connectivity index is 1.47. The second-order valence-corrected chi connectivity index (χ2v) is 10.6. The Morgan fingerprint density at radius 3 is 2.41 bits per heavy atom. The summed E-state index contributed by atoms with van der Waals surface area (Å²) in [5.74, 6) is -2.48. The molecule has 0 unspecified atom stereocenters. The molecule has 37 heavy (non-hydrogen) atoms. The molecular formula is C27H35NO9. The Morgan fingerprint density at radius 1 is 1.05 bits per heavy atom. The summed E-state index contributed by atoms with van der Waals surface area (Å²) in [6.45, 7) is 7.60. The number of epoxide rings is 1. The van der Waals surface area contributed by atoms with E-state index in [1.54, 1.807) is 11.0 Å². The molecule has 202 valence electrons. The fourth-order valence-electron chi connectivity index (χ4n) is 5.57. The molecule has 4 fully saturated rings. The van der Waals surface area contributed by atoms with Crippen LogP contribution in [-0.4, -0.2) is 91.8 Å². The van der Waals surface area contributed by atoms with Gasteiger partial charge in [0.2, 0.25) is 0 Å². The molecule has 8 atom stereocenters. The predicted molar refractivity (Wildman–Crippen MR) is 129 cm³/mol. The number of nitrogens with zero attached hydrogens (tertiary/aromatic N) is 1. The van der Waals surface area contributed by atoms with Crippen molar-refractivity contribution >= 4 is 11.9 Å². The molecule has 4 saturated heterocycles. The largest absolute Gasteiger partial charge is 0.466 e. The zero-order valence-corrected chi connectivity index (χ0v) is 22.0. The molecule has 0 saturated carbocycles. The first kappa shape index (κ1) is 26.3. The third-order valence-corrected chi connectivity index (χ3v) is 7.22. The van der Waals surface area contributed by atoms with Crippen molar-refractivity contribution in [1.82, 2.24) is 4.90 Å². The van der Waals surface area contributed by atoms with Crippen molar-refractivity contribution in [2.24, 2.45) is 0 Å². The lowest BCUT2D eigenvalue weighted by Crippen LogP contribution is -2.72. The molecule has 4 heterocycles. The second kappa shape index (κ2) is 9.76. The van der Waals surface area contributed by atoms with Crippen LogP contribution >= 0.6 is 0 Å². The van der Waals surface area contributed by atoms with Gasteiger partial charge >= 0.3 is 5.97 Å². The lowest BCUT2D eigenvalue weighted by molar-refractivity contribution is -0.185.